The minimum absolute atomic E-state index is 0. The van der Waals surface area contributed by atoms with Crippen LogP contribution < -0.4 is 0 Å². The second-order valence-electron chi connectivity index (χ2n) is 2.70. The molecule has 3 nitrogen and oxygen atoms in total. The van der Waals surface area contributed by atoms with Gasteiger partial charge in [0.2, 0.25) is 0 Å². The third-order valence-electron chi connectivity index (χ3n) is 1.51. The molecule has 1 radical (unpaired) electrons. The molecule has 0 atom stereocenters. The van der Waals surface area contributed by atoms with Crippen molar-refractivity contribution >= 4 is 39.7 Å². The first kappa shape index (κ1) is 15.4. The topological polar surface area (TPSA) is 54.4 Å². The zero-order chi connectivity index (χ0) is 8.74. The van der Waals surface area contributed by atoms with E-state index in [9.17, 15) is 8.42 Å². The van der Waals surface area contributed by atoms with Gasteiger partial charge >= 0.3 is 0 Å². The van der Waals surface area contributed by atoms with E-state index in [2.05, 4.69) is 6.92 Å². The van der Waals surface area contributed by atoms with Crippen LogP contribution in [-0.2, 0) is 10.1 Å². The van der Waals surface area contributed by atoms with Gasteiger partial charge in [-0.25, -0.2) is 0 Å². The van der Waals surface area contributed by atoms with Crippen molar-refractivity contribution in [3.63, 3.8) is 0 Å². The van der Waals surface area contributed by atoms with E-state index in [-0.39, 0.29) is 35.3 Å². The van der Waals surface area contributed by atoms with Gasteiger partial charge in [-0.05, 0) is 6.42 Å². The van der Waals surface area contributed by atoms with Gasteiger partial charge in [-0.15, -0.1) is 0 Å². The summed E-state index contributed by atoms with van der Waals surface area (Å²) >= 11 is 0. The Morgan fingerprint density at radius 2 is 1.58 bits per heavy atom. The average molecular weight is 203 g/mol. The van der Waals surface area contributed by atoms with Crippen molar-refractivity contribution in [3.8, 4) is 0 Å². The molecule has 0 aromatic rings. The summed E-state index contributed by atoms with van der Waals surface area (Å²) in [6, 6.07) is 0. The van der Waals surface area contributed by atoms with E-state index in [1.165, 1.54) is 0 Å². The van der Waals surface area contributed by atoms with Gasteiger partial charge < -0.3 is 0 Å². The standard InChI is InChI=1S/C7H16O3S.Na/c1-2-3-4-5-6-7-11(8,9)10;/h2-7H2,1H3,(H,8,9,10);. The van der Waals surface area contributed by atoms with Crippen LogP contribution in [0.2, 0.25) is 0 Å². The molecular formula is C7H16NaO3S. The van der Waals surface area contributed by atoms with Crippen molar-refractivity contribution in [2.45, 2.75) is 39.0 Å². The molecule has 0 heterocycles. The van der Waals surface area contributed by atoms with Crippen LogP contribution in [0, 0.1) is 0 Å². The van der Waals surface area contributed by atoms with Gasteiger partial charge in [-0.2, -0.15) is 8.42 Å². The van der Waals surface area contributed by atoms with E-state index in [0.29, 0.717) is 6.42 Å². The van der Waals surface area contributed by atoms with Crippen molar-refractivity contribution in [2.24, 2.45) is 0 Å². The molecular weight excluding hydrogens is 187 g/mol. The zero-order valence-electron chi connectivity index (χ0n) is 7.91. The molecule has 0 fully saturated rings. The Balaban J connectivity index is 0. The Morgan fingerprint density at radius 3 is 2.00 bits per heavy atom. The maximum Gasteiger partial charge on any atom is 0.264 e. The van der Waals surface area contributed by atoms with Crippen LogP contribution in [0.3, 0.4) is 0 Å². The predicted molar refractivity (Wildman–Crippen MR) is 50.9 cm³/mol. The Hall–Kier alpha value is 0.910. The molecule has 5 heteroatoms. The Morgan fingerprint density at radius 1 is 1.08 bits per heavy atom. The fourth-order valence-corrected chi connectivity index (χ4v) is 1.46. The van der Waals surface area contributed by atoms with Gasteiger partial charge in [0.25, 0.3) is 10.1 Å². The number of unbranched alkanes of at least 4 members (excludes halogenated alkanes) is 4. The molecule has 0 bridgehead atoms. The van der Waals surface area contributed by atoms with Crippen LogP contribution >= 0.6 is 0 Å². The molecule has 0 saturated carbocycles. The van der Waals surface area contributed by atoms with Crippen molar-refractivity contribution in [1.82, 2.24) is 0 Å². The first-order chi connectivity index (χ1) is 5.06. The fourth-order valence-electron chi connectivity index (χ4n) is 0.888. The van der Waals surface area contributed by atoms with Crippen LogP contribution in [0.4, 0.5) is 0 Å². The number of rotatable bonds is 6. The summed E-state index contributed by atoms with van der Waals surface area (Å²) in [5.41, 5.74) is 0. The average Bonchev–Trinajstić information content (AvgIpc) is 1.85. The molecule has 1 N–H and O–H groups in total. The Kier molecular flexibility index (Phi) is 10.9. The molecule has 0 aliphatic carbocycles. The quantitative estimate of drug-likeness (QED) is 0.404. The second-order valence-corrected chi connectivity index (χ2v) is 4.27. The van der Waals surface area contributed by atoms with E-state index in [1.54, 1.807) is 0 Å². The third-order valence-corrected chi connectivity index (χ3v) is 2.31. The smallest absolute Gasteiger partial charge is 0.264 e. The van der Waals surface area contributed by atoms with Gasteiger partial charge in [-0.1, -0.05) is 32.6 Å². The van der Waals surface area contributed by atoms with E-state index in [4.69, 9.17) is 4.55 Å². The van der Waals surface area contributed by atoms with E-state index in [1.807, 2.05) is 0 Å². The minimum Gasteiger partial charge on any atom is -0.286 e. The van der Waals surface area contributed by atoms with Crippen molar-refractivity contribution < 1.29 is 13.0 Å². The van der Waals surface area contributed by atoms with Crippen molar-refractivity contribution in [1.29, 1.82) is 0 Å². The van der Waals surface area contributed by atoms with Gasteiger partial charge in [0.1, 0.15) is 0 Å². The molecule has 0 saturated heterocycles. The Labute approximate surface area is 97.0 Å². The monoisotopic (exact) mass is 203 g/mol. The number of hydrogen-bond acceptors (Lipinski definition) is 2. The van der Waals surface area contributed by atoms with Crippen LogP contribution in [0.5, 0.6) is 0 Å². The van der Waals surface area contributed by atoms with Crippen LogP contribution in [0.1, 0.15) is 39.0 Å². The molecule has 0 aliphatic heterocycles. The molecule has 12 heavy (non-hydrogen) atoms. The summed E-state index contributed by atoms with van der Waals surface area (Å²) in [6.07, 6.45) is 4.83. The fraction of sp³-hybridized carbons (Fsp3) is 1.00. The SMILES string of the molecule is CCCCCCCS(=O)(=O)O.[Na]. The second kappa shape index (κ2) is 8.51. The predicted octanol–water partition coefficient (Wildman–Crippen LogP) is 1.46. The van der Waals surface area contributed by atoms with Gasteiger partial charge in [0.05, 0.1) is 5.75 Å². The third kappa shape index (κ3) is 13.5. The molecule has 0 aliphatic rings. The summed E-state index contributed by atoms with van der Waals surface area (Å²) in [5.74, 6) is -0.0866. The normalized spacial score (nSPS) is 10.8. The zero-order valence-corrected chi connectivity index (χ0v) is 10.7. The maximum atomic E-state index is 10.2. The van der Waals surface area contributed by atoms with Crippen molar-refractivity contribution in [3.05, 3.63) is 0 Å². The molecule has 0 amide bonds. The van der Waals surface area contributed by atoms with Gasteiger partial charge in [-0.3, -0.25) is 4.55 Å². The Bertz CT molecular complexity index is 177. The van der Waals surface area contributed by atoms with Gasteiger partial charge in [0, 0.05) is 29.6 Å². The number of hydrogen-bond donors (Lipinski definition) is 1. The van der Waals surface area contributed by atoms with Crippen LogP contribution in [-0.4, -0.2) is 48.3 Å². The molecule has 0 aromatic carbocycles. The van der Waals surface area contributed by atoms with Crippen molar-refractivity contribution in [2.75, 3.05) is 5.75 Å². The van der Waals surface area contributed by atoms with E-state index < -0.39 is 10.1 Å². The summed E-state index contributed by atoms with van der Waals surface area (Å²) in [4.78, 5) is 0. The summed E-state index contributed by atoms with van der Waals surface area (Å²) in [5, 5.41) is 0. The molecule has 69 valence electrons. The largest absolute Gasteiger partial charge is 0.286 e. The first-order valence-corrected chi connectivity index (χ1v) is 5.62. The molecule has 0 spiro atoms. The minimum atomic E-state index is -3.71. The molecule has 0 unspecified atom stereocenters. The van der Waals surface area contributed by atoms with Crippen LogP contribution in [0.15, 0.2) is 0 Å². The molecule has 0 rings (SSSR count). The van der Waals surface area contributed by atoms with E-state index in [0.717, 1.165) is 25.7 Å². The van der Waals surface area contributed by atoms with Crippen LogP contribution in [0.25, 0.3) is 0 Å². The van der Waals surface area contributed by atoms with Gasteiger partial charge in [0.15, 0.2) is 0 Å². The summed E-state index contributed by atoms with van der Waals surface area (Å²) in [6.45, 7) is 2.10. The molecule has 0 aromatic heterocycles. The maximum absolute atomic E-state index is 10.2. The first-order valence-electron chi connectivity index (χ1n) is 4.01. The van der Waals surface area contributed by atoms with E-state index >= 15 is 0 Å². The summed E-state index contributed by atoms with van der Waals surface area (Å²) < 4.78 is 28.8. The summed E-state index contributed by atoms with van der Waals surface area (Å²) in [7, 11) is -3.71.